The molecule has 4 rings (SSSR count). The van der Waals surface area contributed by atoms with Crippen molar-refractivity contribution in [3.8, 4) is 11.5 Å². The summed E-state index contributed by atoms with van der Waals surface area (Å²) < 4.78 is 40.3. The number of anilines is 1. The van der Waals surface area contributed by atoms with Gasteiger partial charge in [0.25, 0.3) is 10.0 Å². The van der Waals surface area contributed by atoms with Crippen molar-refractivity contribution in [1.29, 1.82) is 0 Å². The number of hydrogen-bond acceptors (Lipinski definition) is 6. The summed E-state index contributed by atoms with van der Waals surface area (Å²) in [5, 5.41) is 3.81. The third kappa shape index (κ3) is 8.46. The standard InChI is InChI=1S/C34H41Cl2N3O6S/c1-5-30(34(41)37-25-9-7-6-8-10-25)38(21-24-13-17-28(35)29(36)19-24)33(40)22-39(26-14-11-23(2)12-15-26)46(42,43)27-16-18-31(44-3)32(20-27)45-4/h11-20,25,30H,5-10,21-22H2,1-4H3,(H,37,41). The fourth-order valence-electron chi connectivity index (χ4n) is 5.64. The normalized spacial score (nSPS) is 14.3. The van der Waals surface area contributed by atoms with E-state index < -0.39 is 28.5 Å². The molecule has 0 bridgehead atoms. The van der Waals surface area contributed by atoms with Crippen LogP contribution in [0.2, 0.25) is 10.0 Å². The molecule has 0 heterocycles. The van der Waals surface area contributed by atoms with Crippen LogP contribution >= 0.6 is 23.2 Å². The third-order valence-electron chi connectivity index (χ3n) is 8.22. The molecule has 2 amide bonds. The lowest BCUT2D eigenvalue weighted by Crippen LogP contribution is -2.54. The zero-order valence-corrected chi connectivity index (χ0v) is 28.9. The third-order valence-corrected chi connectivity index (χ3v) is 10.7. The Morgan fingerprint density at radius 1 is 0.913 bits per heavy atom. The van der Waals surface area contributed by atoms with E-state index in [1.165, 1.54) is 37.3 Å². The van der Waals surface area contributed by atoms with Crippen LogP contribution in [-0.4, -0.2) is 58.0 Å². The fourth-order valence-corrected chi connectivity index (χ4v) is 7.39. The summed E-state index contributed by atoms with van der Waals surface area (Å²) in [6.45, 7) is 3.18. The van der Waals surface area contributed by atoms with Crippen LogP contribution in [0.3, 0.4) is 0 Å². The number of nitrogens with one attached hydrogen (secondary N) is 1. The van der Waals surface area contributed by atoms with Crippen LogP contribution in [0, 0.1) is 6.92 Å². The number of benzene rings is 3. The van der Waals surface area contributed by atoms with Gasteiger partial charge in [0.2, 0.25) is 11.8 Å². The highest BCUT2D eigenvalue weighted by atomic mass is 35.5. The average Bonchev–Trinajstić information content (AvgIpc) is 3.05. The second-order valence-electron chi connectivity index (χ2n) is 11.4. The van der Waals surface area contributed by atoms with Gasteiger partial charge in [-0.25, -0.2) is 8.42 Å². The van der Waals surface area contributed by atoms with Crippen LogP contribution in [0.4, 0.5) is 5.69 Å². The number of ether oxygens (including phenoxy) is 2. The highest BCUT2D eigenvalue weighted by molar-refractivity contribution is 7.92. The summed E-state index contributed by atoms with van der Waals surface area (Å²) in [6, 6.07) is 15.3. The molecule has 248 valence electrons. The Kier molecular flexibility index (Phi) is 12.2. The van der Waals surface area contributed by atoms with Crippen LogP contribution in [0.5, 0.6) is 11.5 Å². The molecule has 12 heteroatoms. The molecular weight excluding hydrogens is 649 g/mol. The number of rotatable bonds is 13. The Morgan fingerprint density at radius 2 is 1.59 bits per heavy atom. The minimum atomic E-state index is -4.30. The van der Waals surface area contributed by atoms with Crippen molar-refractivity contribution in [2.24, 2.45) is 0 Å². The summed E-state index contributed by atoms with van der Waals surface area (Å²) in [6.07, 6.45) is 5.29. The second-order valence-corrected chi connectivity index (χ2v) is 14.1. The highest BCUT2D eigenvalue weighted by Gasteiger charge is 2.35. The lowest BCUT2D eigenvalue weighted by Gasteiger charge is -2.34. The van der Waals surface area contributed by atoms with Crippen LogP contribution in [0.15, 0.2) is 65.6 Å². The molecule has 9 nitrogen and oxygen atoms in total. The van der Waals surface area contributed by atoms with Crippen LogP contribution in [0.25, 0.3) is 0 Å². The lowest BCUT2D eigenvalue weighted by molar-refractivity contribution is -0.140. The molecule has 3 aromatic rings. The Balaban J connectivity index is 1.74. The number of nitrogens with zero attached hydrogens (tertiary/aromatic N) is 2. The van der Waals surface area contributed by atoms with E-state index in [9.17, 15) is 18.0 Å². The summed E-state index contributed by atoms with van der Waals surface area (Å²) in [4.78, 5) is 29.5. The number of aryl methyl sites for hydroxylation is 1. The maximum atomic E-state index is 14.4. The SMILES string of the molecule is CCC(C(=O)NC1CCCCC1)N(Cc1ccc(Cl)c(Cl)c1)C(=O)CN(c1ccc(C)cc1)S(=O)(=O)c1ccc(OC)c(OC)c1. The molecule has 1 unspecified atom stereocenters. The van der Waals surface area contributed by atoms with Crippen molar-refractivity contribution in [3.63, 3.8) is 0 Å². The van der Waals surface area contributed by atoms with Gasteiger partial charge >= 0.3 is 0 Å². The minimum absolute atomic E-state index is 0.0183. The number of amides is 2. The van der Waals surface area contributed by atoms with E-state index in [0.717, 1.165) is 42.0 Å². The quantitative estimate of drug-likeness (QED) is 0.212. The van der Waals surface area contributed by atoms with Gasteiger partial charge in [0.1, 0.15) is 12.6 Å². The summed E-state index contributed by atoms with van der Waals surface area (Å²) >= 11 is 12.5. The van der Waals surface area contributed by atoms with Crippen molar-refractivity contribution in [1.82, 2.24) is 10.2 Å². The van der Waals surface area contributed by atoms with Gasteiger partial charge in [0.15, 0.2) is 11.5 Å². The number of sulfonamides is 1. The average molecular weight is 691 g/mol. The zero-order chi connectivity index (χ0) is 33.4. The van der Waals surface area contributed by atoms with Gasteiger partial charge in [0, 0.05) is 18.7 Å². The second kappa shape index (κ2) is 15.9. The molecular formula is C34H41Cl2N3O6S. The molecule has 3 aromatic carbocycles. The van der Waals surface area contributed by atoms with Gasteiger partial charge in [-0.1, -0.05) is 73.2 Å². The first-order chi connectivity index (χ1) is 22.0. The first-order valence-electron chi connectivity index (χ1n) is 15.3. The Labute approximate surface area is 281 Å². The van der Waals surface area contributed by atoms with Crippen LogP contribution in [0.1, 0.15) is 56.6 Å². The number of halogens is 2. The Morgan fingerprint density at radius 3 is 2.20 bits per heavy atom. The Bertz CT molecular complexity index is 1630. The van der Waals surface area contributed by atoms with E-state index in [-0.39, 0.29) is 29.1 Å². The molecule has 0 spiro atoms. The first-order valence-corrected chi connectivity index (χ1v) is 17.5. The smallest absolute Gasteiger partial charge is 0.264 e. The molecule has 1 aliphatic rings. The molecule has 1 atom stereocenters. The van der Waals surface area contributed by atoms with Gasteiger partial charge in [-0.15, -0.1) is 0 Å². The number of hydrogen-bond donors (Lipinski definition) is 1. The van der Waals surface area contributed by atoms with Crippen LogP contribution in [-0.2, 0) is 26.2 Å². The molecule has 46 heavy (non-hydrogen) atoms. The topological polar surface area (TPSA) is 105 Å². The van der Waals surface area contributed by atoms with E-state index in [0.29, 0.717) is 33.5 Å². The molecule has 0 radical (unpaired) electrons. The van der Waals surface area contributed by atoms with Gasteiger partial charge in [0.05, 0.1) is 34.8 Å². The van der Waals surface area contributed by atoms with E-state index in [1.807, 2.05) is 13.8 Å². The first kappa shape index (κ1) is 35.4. The van der Waals surface area contributed by atoms with Gasteiger partial charge < -0.3 is 19.7 Å². The van der Waals surface area contributed by atoms with Gasteiger partial charge in [-0.2, -0.15) is 0 Å². The summed E-state index contributed by atoms with van der Waals surface area (Å²) in [5.41, 5.74) is 1.87. The highest BCUT2D eigenvalue weighted by Crippen LogP contribution is 2.33. The number of methoxy groups -OCH3 is 2. The molecule has 0 aliphatic heterocycles. The Hall–Kier alpha value is -3.47. The molecule has 1 saturated carbocycles. The van der Waals surface area contributed by atoms with Crippen LogP contribution < -0.4 is 19.1 Å². The van der Waals surface area contributed by atoms with E-state index in [4.69, 9.17) is 32.7 Å². The van der Waals surface area contributed by atoms with Crippen molar-refractivity contribution >= 4 is 50.7 Å². The number of carbonyl (C=O) groups excluding carboxylic acids is 2. The molecule has 0 aromatic heterocycles. The largest absolute Gasteiger partial charge is 0.493 e. The maximum absolute atomic E-state index is 14.4. The van der Waals surface area contributed by atoms with E-state index in [2.05, 4.69) is 5.32 Å². The predicted molar refractivity (Wildman–Crippen MR) is 181 cm³/mol. The molecule has 0 saturated heterocycles. The van der Waals surface area contributed by atoms with E-state index in [1.54, 1.807) is 42.5 Å². The monoisotopic (exact) mass is 689 g/mol. The van der Waals surface area contributed by atoms with Crippen molar-refractivity contribution in [2.45, 2.75) is 75.9 Å². The predicted octanol–water partition coefficient (Wildman–Crippen LogP) is 6.77. The molecule has 1 N–H and O–H groups in total. The fraction of sp³-hybridized carbons (Fsp3) is 0.412. The zero-order valence-electron chi connectivity index (χ0n) is 26.6. The summed E-state index contributed by atoms with van der Waals surface area (Å²) in [7, 11) is -1.43. The van der Waals surface area contributed by atoms with Crippen molar-refractivity contribution < 1.29 is 27.5 Å². The molecule has 1 fully saturated rings. The van der Waals surface area contributed by atoms with E-state index >= 15 is 0 Å². The molecule has 1 aliphatic carbocycles. The lowest BCUT2D eigenvalue weighted by atomic mass is 9.95. The number of carbonyl (C=O) groups is 2. The van der Waals surface area contributed by atoms with Gasteiger partial charge in [-0.3, -0.25) is 13.9 Å². The maximum Gasteiger partial charge on any atom is 0.264 e. The van der Waals surface area contributed by atoms with Gasteiger partial charge in [-0.05, 0) is 68.1 Å². The van der Waals surface area contributed by atoms with Crippen molar-refractivity contribution in [3.05, 3.63) is 81.8 Å². The summed E-state index contributed by atoms with van der Waals surface area (Å²) in [5.74, 6) is -0.235. The van der Waals surface area contributed by atoms with Crippen molar-refractivity contribution in [2.75, 3.05) is 25.1 Å². The minimum Gasteiger partial charge on any atom is -0.493 e.